The summed E-state index contributed by atoms with van der Waals surface area (Å²) >= 11 is 0. The summed E-state index contributed by atoms with van der Waals surface area (Å²) in [6.45, 7) is 8.31. The third kappa shape index (κ3) is 10.6. The van der Waals surface area contributed by atoms with Crippen LogP contribution >= 0.6 is 15.2 Å². The fraction of sp³-hybridized carbons (Fsp3) is 0.684. The normalized spacial score (nSPS) is 13.2. The molecule has 0 aliphatic carbocycles. The van der Waals surface area contributed by atoms with Gasteiger partial charge in [-0.1, -0.05) is 12.1 Å². The molecule has 1 atom stereocenters. The van der Waals surface area contributed by atoms with Gasteiger partial charge in [-0.15, -0.1) is 0 Å². The molecule has 32 heavy (non-hydrogen) atoms. The zero-order valence-corrected chi connectivity index (χ0v) is 20.9. The fourth-order valence-electron chi connectivity index (χ4n) is 2.92. The minimum absolute atomic E-state index is 0.00273. The molecule has 0 heterocycles. The quantitative estimate of drug-likeness (QED) is 0.174. The number of nitrogens with zero attached hydrogens (tertiary/aromatic N) is 1. The maximum Gasteiger partial charge on any atom is 0.344 e. The van der Waals surface area contributed by atoms with Gasteiger partial charge in [0.05, 0.1) is 43.9 Å². The molecule has 0 spiro atoms. The van der Waals surface area contributed by atoms with Crippen LogP contribution in [0.5, 0.6) is 0 Å². The van der Waals surface area contributed by atoms with Crippen LogP contribution in [0, 0.1) is 10.1 Å². The molecule has 0 bridgehead atoms. The zero-order chi connectivity index (χ0) is 24.0. The molecule has 0 saturated heterocycles. The number of non-ortho nitro benzene ring substituents is 1. The van der Waals surface area contributed by atoms with Crippen molar-refractivity contribution in [3.63, 3.8) is 0 Å². The molecule has 0 amide bonds. The van der Waals surface area contributed by atoms with E-state index in [1.807, 2.05) is 0 Å². The highest BCUT2D eigenvalue weighted by Crippen LogP contribution is 2.47. The van der Waals surface area contributed by atoms with Crippen LogP contribution in [0.15, 0.2) is 24.3 Å². The number of hydrogen-bond acceptors (Lipinski definition) is 10. The highest BCUT2D eigenvalue weighted by atomic mass is 31.2. The number of benzene rings is 1. The van der Waals surface area contributed by atoms with Crippen molar-refractivity contribution >= 4 is 20.9 Å². The average Bonchev–Trinajstić information content (AvgIpc) is 2.73. The van der Waals surface area contributed by atoms with Gasteiger partial charge in [0.2, 0.25) is 0 Å². The van der Waals surface area contributed by atoms with E-state index in [2.05, 4.69) is 10.6 Å². The van der Waals surface area contributed by atoms with Gasteiger partial charge in [0.25, 0.3) is 5.69 Å². The Hall–Kier alpha value is -1.16. The summed E-state index contributed by atoms with van der Waals surface area (Å²) in [5.74, 6) is 0. The maximum atomic E-state index is 12.8. The summed E-state index contributed by atoms with van der Waals surface area (Å²) in [6.07, 6.45) is 0.473. The smallest absolute Gasteiger partial charge is 0.308 e. The van der Waals surface area contributed by atoms with Gasteiger partial charge < -0.3 is 28.7 Å². The first-order valence-corrected chi connectivity index (χ1v) is 14.1. The second-order valence-corrected chi connectivity index (χ2v) is 10.8. The summed E-state index contributed by atoms with van der Waals surface area (Å²) < 4.78 is 46.7. The lowest BCUT2D eigenvalue weighted by Gasteiger charge is -2.24. The van der Waals surface area contributed by atoms with Crippen molar-refractivity contribution in [2.45, 2.75) is 40.2 Å². The molecule has 0 aliphatic rings. The van der Waals surface area contributed by atoms with E-state index in [4.69, 9.17) is 18.1 Å². The lowest BCUT2D eigenvalue weighted by atomic mass is 10.1. The summed E-state index contributed by atoms with van der Waals surface area (Å²) in [5.41, 5.74) is 0.846. The molecule has 2 N–H and O–H groups in total. The predicted molar refractivity (Wildman–Crippen MR) is 123 cm³/mol. The second-order valence-electron chi connectivity index (χ2n) is 6.69. The van der Waals surface area contributed by atoms with Gasteiger partial charge in [0.15, 0.2) is 0 Å². The standard InChI is InChI=1S/C19H35N3O8P2/c1-5-27-31(25,28-6-2)15-20-14-18(21-16-32(26,29-7-3)30-8-4)13-17-9-11-19(12-10-17)22(23)24/h9-12,18,20-21H,5-8,13-16H2,1-4H3. The topological polar surface area (TPSA) is 138 Å². The Balaban J connectivity index is 2.87. The molecule has 0 aliphatic heterocycles. The Morgan fingerprint density at radius 3 is 1.78 bits per heavy atom. The largest absolute Gasteiger partial charge is 0.344 e. The molecular formula is C19H35N3O8P2. The van der Waals surface area contributed by atoms with Crippen LogP contribution < -0.4 is 10.6 Å². The summed E-state index contributed by atoms with van der Waals surface area (Å²) in [6, 6.07) is 5.95. The minimum Gasteiger partial charge on any atom is -0.308 e. The van der Waals surface area contributed by atoms with E-state index < -0.39 is 20.1 Å². The van der Waals surface area contributed by atoms with E-state index in [-0.39, 0.29) is 50.7 Å². The van der Waals surface area contributed by atoms with E-state index in [1.54, 1.807) is 39.8 Å². The lowest BCUT2D eigenvalue weighted by molar-refractivity contribution is -0.384. The first-order chi connectivity index (χ1) is 15.2. The highest BCUT2D eigenvalue weighted by molar-refractivity contribution is 7.54. The molecule has 13 heteroatoms. The van der Waals surface area contributed by atoms with Crippen LogP contribution in [0.25, 0.3) is 0 Å². The molecule has 184 valence electrons. The van der Waals surface area contributed by atoms with Crippen LogP contribution in [-0.4, -0.2) is 56.5 Å². The fourth-order valence-corrected chi connectivity index (χ4v) is 5.89. The monoisotopic (exact) mass is 495 g/mol. The van der Waals surface area contributed by atoms with Crippen molar-refractivity contribution < 1.29 is 32.1 Å². The van der Waals surface area contributed by atoms with Gasteiger partial charge in [-0.25, -0.2) is 0 Å². The number of nitrogens with one attached hydrogen (secondary N) is 2. The Labute approximate surface area is 189 Å². The molecule has 0 saturated carbocycles. The Bertz CT molecular complexity index is 758. The zero-order valence-electron chi connectivity index (χ0n) is 19.2. The van der Waals surface area contributed by atoms with E-state index in [0.29, 0.717) is 13.0 Å². The summed E-state index contributed by atoms with van der Waals surface area (Å²) in [4.78, 5) is 10.4. The van der Waals surface area contributed by atoms with Crippen molar-refractivity contribution in [2.24, 2.45) is 0 Å². The molecular weight excluding hydrogens is 460 g/mol. The molecule has 0 fully saturated rings. The minimum atomic E-state index is -3.32. The maximum absolute atomic E-state index is 12.8. The van der Waals surface area contributed by atoms with Crippen molar-refractivity contribution in [1.82, 2.24) is 10.6 Å². The summed E-state index contributed by atoms with van der Waals surface area (Å²) in [7, 11) is -6.58. The van der Waals surface area contributed by atoms with Gasteiger partial charge in [0, 0.05) is 24.7 Å². The molecule has 11 nitrogen and oxygen atoms in total. The van der Waals surface area contributed by atoms with E-state index in [0.717, 1.165) is 5.56 Å². The molecule has 1 aromatic carbocycles. The average molecular weight is 495 g/mol. The molecule has 0 aromatic heterocycles. The van der Waals surface area contributed by atoms with E-state index >= 15 is 0 Å². The molecule has 1 aromatic rings. The van der Waals surface area contributed by atoms with Gasteiger partial charge in [0.1, 0.15) is 0 Å². The Morgan fingerprint density at radius 2 is 1.34 bits per heavy atom. The van der Waals surface area contributed by atoms with Crippen molar-refractivity contribution in [3.8, 4) is 0 Å². The third-order valence-corrected chi connectivity index (χ3v) is 7.99. The van der Waals surface area contributed by atoms with Crippen molar-refractivity contribution in [3.05, 3.63) is 39.9 Å². The van der Waals surface area contributed by atoms with Gasteiger partial charge >= 0.3 is 15.2 Å². The number of rotatable bonds is 18. The van der Waals surface area contributed by atoms with E-state index in [9.17, 15) is 19.2 Å². The van der Waals surface area contributed by atoms with Crippen LogP contribution in [-0.2, 0) is 33.6 Å². The predicted octanol–water partition coefficient (Wildman–Crippen LogP) is 4.13. The van der Waals surface area contributed by atoms with Crippen molar-refractivity contribution in [1.29, 1.82) is 0 Å². The van der Waals surface area contributed by atoms with Crippen LogP contribution in [0.4, 0.5) is 5.69 Å². The first-order valence-electron chi connectivity index (χ1n) is 10.6. The van der Waals surface area contributed by atoms with Gasteiger partial charge in [-0.05, 0) is 39.7 Å². The Kier molecular flexibility index (Phi) is 13.4. The molecule has 1 unspecified atom stereocenters. The van der Waals surface area contributed by atoms with Gasteiger partial charge in [-0.2, -0.15) is 0 Å². The van der Waals surface area contributed by atoms with E-state index in [1.165, 1.54) is 12.1 Å². The molecule has 0 radical (unpaired) electrons. The summed E-state index contributed by atoms with van der Waals surface area (Å²) in [5, 5.41) is 17.2. The Morgan fingerprint density at radius 1 is 0.875 bits per heavy atom. The molecule has 1 rings (SSSR count). The van der Waals surface area contributed by atoms with Gasteiger partial charge in [-0.3, -0.25) is 19.2 Å². The highest BCUT2D eigenvalue weighted by Gasteiger charge is 2.26. The number of hydrogen-bond donors (Lipinski definition) is 2. The SMILES string of the molecule is CCOP(=O)(CNCC(Cc1ccc([N+](=O)[O-])cc1)NCP(=O)(OCC)OCC)OCC. The van der Waals surface area contributed by atoms with Crippen LogP contribution in [0.2, 0.25) is 0 Å². The lowest BCUT2D eigenvalue weighted by Crippen LogP contribution is -2.41. The van der Waals surface area contributed by atoms with Crippen molar-refractivity contribution in [2.75, 3.05) is 45.5 Å². The second kappa shape index (κ2) is 14.9. The number of nitro groups is 1. The van der Waals surface area contributed by atoms with Crippen LogP contribution in [0.1, 0.15) is 33.3 Å². The number of nitro benzene ring substituents is 1. The van der Waals surface area contributed by atoms with Crippen LogP contribution in [0.3, 0.4) is 0 Å². The third-order valence-electron chi connectivity index (χ3n) is 4.20. The first kappa shape index (κ1) is 28.9.